The maximum atomic E-state index is 14.2. The van der Waals surface area contributed by atoms with Gasteiger partial charge in [0.05, 0.1) is 31.0 Å². The van der Waals surface area contributed by atoms with Gasteiger partial charge in [-0.2, -0.15) is 18.3 Å². The fourth-order valence-corrected chi connectivity index (χ4v) is 4.12. The number of nitrogens with zero attached hydrogens (tertiary/aromatic N) is 4. The predicted molar refractivity (Wildman–Crippen MR) is 106 cm³/mol. The highest BCUT2D eigenvalue weighted by molar-refractivity contribution is 5.96. The minimum atomic E-state index is -4.82. The van der Waals surface area contributed by atoms with Crippen LogP contribution in [0.25, 0.3) is 11.3 Å². The Morgan fingerprint density at radius 1 is 1.30 bits per heavy atom. The first-order valence-corrected chi connectivity index (χ1v) is 10.3. The molecular formula is C21H20F3N5O4. The molecule has 3 aromatic heterocycles. The largest absolute Gasteiger partial charge is 0.455 e. The smallest absolute Gasteiger partial charge is 0.420 e. The lowest BCUT2D eigenvalue weighted by Crippen LogP contribution is -2.26. The summed E-state index contributed by atoms with van der Waals surface area (Å²) in [4.78, 5) is 20.6. The Morgan fingerprint density at radius 2 is 2.09 bits per heavy atom. The van der Waals surface area contributed by atoms with Gasteiger partial charge in [0, 0.05) is 30.6 Å². The number of hydrogen-bond donors (Lipinski definition) is 1. The number of carbonyl (C=O) groups excluding carboxylic acids is 1. The Morgan fingerprint density at radius 3 is 2.79 bits per heavy atom. The van der Waals surface area contributed by atoms with E-state index in [-0.39, 0.29) is 54.6 Å². The van der Waals surface area contributed by atoms with Gasteiger partial charge in [-0.1, -0.05) is 6.92 Å². The van der Waals surface area contributed by atoms with Gasteiger partial charge in [-0.25, -0.2) is 9.97 Å². The van der Waals surface area contributed by atoms with E-state index in [1.807, 2.05) is 6.92 Å². The van der Waals surface area contributed by atoms with E-state index in [0.717, 1.165) is 0 Å². The van der Waals surface area contributed by atoms with Crippen LogP contribution in [0.1, 0.15) is 46.1 Å². The second kappa shape index (κ2) is 8.27. The van der Waals surface area contributed by atoms with Crippen LogP contribution in [0.4, 0.5) is 13.2 Å². The molecule has 4 heterocycles. The number of alkyl halides is 3. The van der Waals surface area contributed by atoms with E-state index >= 15 is 0 Å². The molecule has 174 valence electrons. The number of rotatable bonds is 5. The highest BCUT2D eigenvalue weighted by Crippen LogP contribution is 2.48. The quantitative estimate of drug-likeness (QED) is 0.621. The molecule has 5 rings (SSSR count). The third-order valence-corrected chi connectivity index (χ3v) is 5.63. The van der Waals surface area contributed by atoms with Gasteiger partial charge in [-0.15, -0.1) is 0 Å². The molecule has 9 nitrogen and oxygen atoms in total. The van der Waals surface area contributed by atoms with Crippen LogP contribution in [0.5, 0.6) is 0 Å². The molecule has 2 atom stereocenters. The Balaban J connectivity index is 1.51. The molecule has 0 unspecified atom stereocenters. The van der Waals surface area contributed by atoms with Crippen molar-refractivity contribution in [2.75, 3.05) is 13.4 Å². The molecule has 0 saturated carbocycles. The van der Waals surface area contributed by atoms with Gasteiger partial charge in [-0.3, -0.25) is 9.48 Å². The number of furan rings is 1. The first-order valence-electron chi connectivity index (χ1n) is 10.3. The molecule has 1 amide bonds. The van der Waals surface area contributed by atoms with E-state index in [0.29, 0.717) is 18.7 Å². The van der Waals surface area contributed by atoms with Crippen molar-refractivity contribution >= 4 is 5.91 Å². The summed E-state index contributed by atoms with van der Waals surface area (Å²) in [6, 6.07) is 1.59. The molecule has 1 fully saturated rings. The normalized spacial score (nSPS) is 19.9. The fourth-order valence-electron chi connectivity index (χ4n) is 4.12. The highest BCUT2D eigenvalue weighted by Gasteiger charge is 2.46. The summed E-state index contributed by atoms with van der Waals surface area (Å²) in [5, 5.41) is 6.83. The zero-order valence-electron chi connectivity index (χ0n) is 17.6. The maximum Gasteiger partial charge on any atom is 0.420 e. The third-order valence-electron chi connectivity index (χ3n) is 5.63. The monoisotopic (exact) mass is 463 g/mol. The lowest BCUT2D eigenvalue weighted by molar-refractivity contribution is -0.137. The second-order valence-electron chi connectivity index (χ2n) is 7.99. The fraction of sp³-hybridized carbons (Fsp3) is 0.429. The molecule has 3 aromatic rings. The van der Waals surface area contributed by atoms with Crippen molar-refractivity contribution in [2.24, 2.45) is 0 Å². The van der Waals surface area contributed by atoms with Gasteiger partial charge in [0.15, 0.2) is 0 Å². The van der Waals surface area contributed by atoms with Crippen LogP contribution in [0.3, 0.4) is 0 Å². The number of carbonyl (C=O) groups is 1. The lowest BCUT2D eigenvalue weighted by atomic mass is 9.86. The number of ether oxygens (including phenoxy) is 2. The number of amides is 1. The molecule has 0 bridgehead atoms. The van der Waals surface area contributed by atoms with E-state index in [1.54, 1.807) is 16.9 Å². The average Bonchev–Trinajstić information content (AvgIpc) is 3.51. The van der Waals surface area contributed by atoms with Crippen LogP contribution in [-0.2, 0) is 35.2 Å². The highest BCUT2D eigenvalue weighted by atomic mass is 19.4. The Labute approximate surface area is 185 Å². The minimum absolute atomic E-state index is 0.0918. The second-order valence-corrected chi connectivity index (χ2v) is 7.99. The summed E-state index contributed by atoms with van der Waals surface area (Å²) >= 11 is 0. The van der Waals surface area contributed by atoms with Crippen LogP contribution in [-0.4, -0.2) is 45.2 Å². The molecule has 1 saturated heterocycles. The lowest BCUT2D eigenvalue weighted by Gasteiger charge is -2.17. The topological polar surface area (TPSA) is 104 Å². The van der Waals surface area contributed by atoms with Gasteiger partial charge >= 0.3 is 6.18 Å². The van der Waals surface area contributed by atoms with Crippen molar-refractivity contribution in [1.29, 1.82) is 0 Å². The van der Waals surface area contributed by atoms with Crippen molar-refractivity contribution in [2.45, 2.75) is 44.6 Å². The van der Waals surface area contributed by atoms with Gasteiger partial charge < -0.3 is 19.2 Å². The molecule has 0 radical (unpaired) electrons. The standard InChI is InChI=1S/C21H20F3N5O4/c1-11-5-14-16(18-13(11)8-29(28-18)7-12-9-31-10-32-12)17(21(22,23)24)19(33-14)20(30)27-6-15-25-3-2-4-26-15/h2-4,8,11-12H,5-7,9-10H2,1H3,(H,27,30)/t11-,12-/m0/s1. The van der Waals surface area contributed by atoms with Crippen LogP contribution in [0, 0.1) is 0 Å². The van der Waals surface area contributed by atoms with Crippen LogP contribution in [0.2, 0.25) is 0 Å². The molecule has 0 spiro atoms. The van der Waals surface area contributed by atoms with E-state index in [9.17, 15) is 18.0 Å². The predicted octanol–water partition coefficient (Wildman–Crippen LogP) is 2.91. The SMILES string of the molecule is C[C@H]1Cc2oc(C(=O)NCc3ncccn3)c(C(F)(F)F)c2-c2nn(C[C@H]3COCO3)cc21. The summed E-state index contributed by atoms with van der Waals surface area (Å²) in [6.07, 6.45) is -0.155. The number of hydrogen-bond acceptors (Lipinski definition) is 7. The third kappa shape index (κ3) is 4.11. The summed E-state index contributed by atoms with van der Waals surface area (Å²) in [6.45, 7) is 2.66. The number of aromatic nitrogens is 4. The molecule has 0 aromatic carbocycles. The van der Waals surface area contributed by atoms with E-state index < -0.39 is 23.4 Å². The maximum absolute atomic E-state index is 14.2. The first-order chi connectivity index (χ1) is 15.8. The summed E-state index contributed by atoms with van der Waals surface area (Å²) < 4.78 is 60.2. The van der Waals surface area contributed by atoms with Crippen molar-refractivity contribution in [3.05, 3.63) is 53.1 Å². The molecular weight excluding hydrogens is 443 g/mol. The van der Waals surface area contributed by atoms with Gasteiger partial charge in [0.2, 0.25) is 5.76 Å². The van der Waals surface area contributed by atoms with Crippen molar-refractivity contribution in [3.63, 3.8) is 0 Å². The molecule has 1 aliphatic carbocycles. The molecule has 1 aliphatic heterocycles. The summed E-state index contributed by atoms with van der Waals surface area (Å²) in [5.41, 5.74) is -0.469. The van der Waals surface area contributed by atoms with Crippen LogP contribution in [0.15, 0.2) is 29.1 Å². The summed E-state index contributed by atoms with van der Waals surface area (Å²) in [7, 11) is 0. The van der Waals surface area contributed by atoms with E-state index in [4.69, 9.17) is 13.9 Å². The van der Waals surface area contributed by atoms with E-state index in [2.05, 4.69) is 20.4 Å². The van der Waals surface area contributed by atoms with Crippen molar-refractivity contribution < 1.29 is 31.9 Å². The number of halogens is 3. The molecule has 2 aliphatic rings. The Bertz CT molecular complexity index is 1170. The minimum Gasteiger partial charge on any atom is -0.455 e. The molecule has 33 heavy (non-hydrogen) atoms. The van der Waals surface area contributed by atoms with Crippen LogP contribution >= 0.6 is 0 Å². The Hall–Kier alpha value is -3.25. The van der Waals surface area contributed by atoms with Crippen molar-refractivity contribution in [3.8, 4) is 11.3 Å². The molecule has 1 N–H and O–H groups in total. The zero-order valence-corrected chi connectivity index (χ0v) is 17.6. The van der Waals surface area contributed by atoms with Crippen LogP contribution < -0.4 is 5.32 Å². The first kappa shape index (κ1) is 21.6. The molecule has 12 heteroatoms. The Kier molecular flexibility index (Phi) is 5.41. The number of fused-ring (bicyclic) bond motifs is 3. The van der Waals surface area contributed by atoms with E-state index in [1.165, 1.54) is 12.4 Å². The van der Waals surface area contributed by atoms with Gasteiger partial charge in [0.25, 0.3) is 5.91 Å². The average molecular weight is 463 g/mol. The zero-order chi connectivity index (χ0) is 23.2. The number of nitrogens with one attached hydrogen (secondary N) is 1. The van der Waals surface area contributed by atoms with Gasteiger partial charge in [-0.05, 0) is 12.0 Å². The van der Waals surface area contributed by atoms with Crippen molar-refractivity contribution in [1.82, 2.24) is 25.1 Å². The van der Waals surface area contributed by atoms with Gasteiger partial charge in [0.1, 0.15) is 30.0 Å². The summed E-state index contributed by atoms with van der Waals surface area (Å²) in [5.74, 6) is -1.56.